The summed E-state index contributed by atoms with van der Waals surface area (Å²) in [5.74, 6) is -0.749. The second-order valence-corrected chi connectivity index (χ2v) is 8.73. The molecule has 164 valence electrons. The molecule has 1 saturated carbocycles. The Kier molecular flexibility index (Phi) is 6.24. The number of amides is 1. The fourth-order valence-electron chi connectivity index (χ4n) is 5.11. The molecule has 1 atom stereocenters. The molecule has 1 aromatic heterocycles. The summed E-state index contributed by atoms with van der Waals surface area (Å²) in [7, 11) is 1.44. The molecule has 2 aromatic rings. The Morgan fingerprint density at radius 2 is 1.93 bits per heavy atom. The Labute approximate surface area is 175 Å². The van der Waals surface area contributed by atoms with Crippen molar-refractivity contribution in [2.75, 3.05) is 26.7 Å². The Morgan fingerprint density at radius 3 is 2.60 bits per heavy atom. The average Bonchev–Trinajstić information content (AvgIpc) is 3.08. The zero-order valence-corrected chi connectivity index (χ0v) is 17.5. The van der Waals surface area contributed by atoms with Crippen LogP contribution >= 0.6 is 0 Å². The Hall–Kier alpha value is -2.19. The molecule has 2 aliphatic rings. The maximum Gasteiger partial charge on any atom is 0.326 e. The van der Waals surface area contributed by atoms with Gasteiger partial charge in [0.05, 0.1) is 22.7 Å². The van der Waals surface area contributed by atoms with E-state index in [1.54, 1.807) is 4.57 Å². The van der Waals surface area contributed by atoms with Gasteiger partial charge in [0.1, 0.15) is 5.82 Å². The maximum absolute atomic E-state index is 14.5. The molecule has 1 saturated heterocycles. The highest BCUT2D eigenvalue weighted by Crippen LogP contribution is 2.29. The summed E-state index contributed by atoms with van der Waals surface area (Å²) in [5, 5.41) is 13.0. The first-order valence-electron chi connectivity index (χ1n) is 11.0. The Morgan fingerprint density at radius 1 is 1.23 bits per heavy atom. The van der Waals surface area contributed by atoms with Gasteiger partial charge in [-0.1, -0.05) is 19.3 Å². The van der Waals surface area contributed by atoms with E-state index in [1.807, 2.05) is 0 Å². The maximum atomic E-state index is 14.5. The number of aromatic amines is 1. The van der Waals surface area contributed by atoms with Gasteiger partial charge in [-0.3, -0.25) is 9.36 Å². The first-order chi connectivity index (χ1) is 14.5. The second kappa shape index (κ2) is 8.89. The minimum Gasteiger partial charge on any atom is -0.392 e. The highest BCUT2D eigenvalue weighted by atomic mass is 19.1. The zero-order chi connectivity index (χ0) is 21.3. The van der Waals surface area contributed by atoms with Gasteiger partial charge in [-0.15, -0.1) is 0 Å². The van der Waals surface area contributed by atoms with Crippen molar-refractivity contribution in [1.82, 2.24) is 19.8 Å². The van der Waals surface area contributed by atoms with Crippen LogP contribution in [0.1, 0.15) is 61.3 Å². The van der Waals surface area contributed by atoms with Gasteiger partial charge in [-0.05, 0) is 37.7 Å². The number of aromatic nitrogens is 2. The van der Waals surface area contributed by atoms with Crippen LogP contribution in [-0.2, 0) is 0 Å². The van der Waals surface area contributed by atoms with Gasteiger partial charge < -0.3 is 20.3 Å². The predicted molar refractivity (Wildman–Crippen MR) is 113 cm³/mol. The largest absolute Gasteiger partial charge is 0.392 e. The molecular weight excluding hydrogens is 387 g/mol. The van der Waals surface area contributed by atoms with Crippen molar-refractivity contribution in [3.05, 3.63) is 34.0 Å². The quantitative estimate of drug-likeness (QED) is 0.696. The van der Waals surface area contributed by atoms with Crippen molar-refractivity contribution in [3.8, 4) is 0 Å². The zero-order valence-electron chi connectivity index (χ0n) is 17.5. The monoisotopic (exact) mass is 418 g/mol. The Bertz CT molecular complexity index is 955. The molecule has 1 unspecified atom stereocenters. The highest BCUT2D eigenvalue weighted by molar-refractivity contribution is 5.97. The number of aliphatic hydroxyl groups excluding tert-OH is 1. The smallest absolute Gasteiger partial charge is 0.326 e. The van der Waals surface area contributed by atoms with E-state index in [0.29, 0.717) is 23.5 Å². The van der Waals surface area contributed by atoms with Crippen molar-refractivity contribution in [3.63, 3.8) is 0 Å². The summed E-state index contributed by atoms with van der Waals surface area (Å²) in [6, 6.07) is 2.65. The van der Waals surface area contributed by atoms with Gasteiger partial charge in [-0.2, -0.15) is 0 Å². The second-order valence-electron chi connectivity index (χ2n) is 8.73. The van der Waals surface area contributed by atoms with Crippen LogP contribution in [0.25, 0.3) is 11.0 Å². The number of H-pyrrole nitrogens is 1. The molecule has 30 heavy (non-hydrogen) atoms. The molecule has 1 amide bonds. The van der Waals surface area contributed by atoms with Crippen molar-refractivity contribution >= 4 is 16.9 Å². The van der Waals surface area contributed by atoms with Crippen molar-refractivity contribution in [2.45, 2.75) is 57.1 Å². The van der Waals surface area contributed by atoms with Gasteiger partial charge in [-0.25, -0.2) is 9.18 Å². The number of aliphatic hydroxyl groups is 1. The number of piperidine rings is 1. The van der Waals surface area contributed by atoms with Crippen LogP contribution in [-0.4, -0.2) is 58.3 Å². The van der Waals surface area contributed by atoms with E-state index in [0.717, 1.165) is 38.8 Å². The molecule has 0 radical (unpaired) electrons. The molecular formula is C22H31FN4O3. The molecule has 2 heterocycles. The lowest BCUT2D eigenvalue weighted by Crippen LogP contribution is -2.42. The molecule has 7 nitrogen and oxygen atoms in total. The number of β-amino-alcohol motifs (C(OH)–C–C–N with tert-alkyl or cyclic N) is 1. The van der Waals surface area contributed by atoms with Crippen LogP contribution in [0, 0.1) is 11.7 Å². The van der Waals surface area contributed by atoms with E-state index in [1.165, 1.54) is 38.4 Å². The van der Waals surface area contributed by atoms with E-state index < -0.39 is 11.7 Å². The fourth-order valence-corrected chi connectivity index (χ4v) is 5.11. The van der Waals surface area contributed by atoms with Crippen LogP contribution in [0.5, 0.6) is 0 Å². The summed E-state index contributed by atoms with van der Waals surface area (Å²) in [4.78, 5) is 29.5. The van der Waals surface area contributed by atoms with Crippen LogP contribution < -0.4 is 11.0 Å². The van der Waals surface area contributed by atoms with Crippen LogP contribution in [0.4, 0.5) is 4.39 Å². The number of halogens is 1. The van der Waals surface area contributed by atoms with Gasteiger partial charge in [0.25, 0.3) is 5.91 Å². The molecule has 4 rings (SSSR count). The van der Waals surface area contributed by atoms with Crippen molar-refractivity contribution in [2.24, 2.45) is 5.92 Å². The van der Waals surface area contributed by atoms with Gasteiger partial charge >= 0.3 is 5.69 Å². The van der Waals surface area contributed by atoms with Crippen molar-refractivity contribution in [1.29, 1.82) is 0 Å². The third-order valence-corrected chi connectivity index (χ3v) is 6.84. The molecule has 8 heteroatoms. The lowest BCUT2D eigenvalue weighted by Gasteiger charge is -2.36. The molecule has 0 spiro atoms. The lowest BCUT2D eigenvalue weighted by molar-refractivity contribution is 0.0372. The summed E-state index contributed by atoms with van der Waals surface area (Å²) >= 11 is 0. The number of hydrogen-bond acceptors (Lipinski definition) is 4. The fraction of sp³-hybridized carbons (Fsp3) is 0.636. The first-order valence-corrected chi connectivity index (χ1v) is 11.0. The van der Waals surface area contributed by atoms with Crippen LogP contribution in [0.2, 0.25) is 0 Å². The topological polar surface area (TPSA) is 90.4 Å². The number of likely N-dealkylation sites (tertiary alicyclic amines) is 1. The van der Waals surface area contributed by atoms with Crippen LogP contribution in [0.3, 0.4) is 0 Å². The van der Waals surface area contributed by atoms with Crippen LogP contribution in [0.15, 0.2) is 16.9 Å². The van der Waals surface area contributed by atoms with E-state index in [9.17, 15) is 19.1 Å². The number of hydrogen-bond donors (Lipinski definition) is 3. The first kappa shape index (κ1) is 21.1. The normalized spacial score (nSPS) is 20.5. The van der Waals surface area contributed by atoms with Gasteiger partial charge in [0.2, 0.25) is 0 Å². The number of nitrogens with zero attached hydrogens (tertiary/aromatic N) is 2. The summed E-state index contributed by atoms with van der Waals surface area (Å²) in [6.45, 7) is 2.28. The lowest BCUT2D eigenvalue weighted by atomic mass is 9.85. The highest BCUT2D eigenvalue weighted by Gasteiger charge is 2.28. The summed E-state index contributed by atoms with van der Waals surface area (Å²) in [5.41, 5.74) is 0.602. The predicted octanol–water partition coefficient (Wildman–Crippen LogP) is 2.41. The molecule has 1 aromatic carbocycles. The number of carbonyl (C=O) groups excluding carboxylic acids is 1. The number of benzene rings is 1. The minimum atomic E-state index is -0.636. The SMILES string of the molecule is CNC(=O)c1cc2[nH]c(=O)n(C3CCN(CC(O)C4CCCCC4)CC3)c2cc1F. The number of imidazole rings is 1. The molecule has 0 bridgehead atoms. The Balaban J connectivity index is 1.45. The summed E-state index contributed by atoms with van der Waals surface area (Å²) < 4.78 is 16.1. The third-order valence-electron chi connectivity index (χ3n) is 6.84. The van der Waals surface area contributed by atoms with Gasteiger partial charge in [0, 0.05) is 38.8 Å². The number of carbonyl (C=O) groups is 1. The van der Waals surface area contributed by atoms with E-state index in [-0.39, 0.29) is 23.4 Å². The molecule has 3 N–H and O–H groups in total. The number of rotatable bonds is 5. The average molecular weight is 419 g/mol. The molecule has 1 aliphatic heterocycles. The molecule has 1 aliphatic carbocycles. The minimum absolute atomic E-state index is 0.0282. The van der Waals surface area contributed by atoms with E-state index in [2.05, 4.69) is 15.2 Å². The van der Waals surface area contributed by atoms with Gasteiger partial charge in [0.15, 0.2) is 0 Å². The standard InChI is InChI=1S/C22H31FN4O3/c1-24-21(29)16-11-18-19(12-17(16)23)27(22(30)25-18)15-7-9-26(10-8-15)13-20(28)14-5-3-2-4-6-14/h11-12,14-15,20,28H,2-10,13H2,1H3,(H,24,29)(H,25,30). The number of nitrogens with one attached hydrogen (secondary N) is 2. The van der Waals surface area contributed by atoms with E-state index >= 15 is 0 Å². The third kappa shape index (κ3) is 4.16. The van der Waals surface area contributed by atoms with E-state index in [4.69, 9.17) is 0 Å². The molecule has 2 fully saturated rings. The summed E-state index contributed by atoms with van der Waals surface area (Å²) in [6.07, 6.45) is 7.19. The van der Waals surface area contributed by atoms with Crippen molar-refractivity contribution < 1.29 is 14.3 Å². The number of fused-ring (bicyclic) bond motifs is 1.